The Morgan fingerprint density at radius 2 is 1.47 bits per heavy atom. The van der Waals surface area contributed by atoms with Crippen LogP contribution in [0.1, 0.15) is 22.8 Å². The van der Waals surface area contributed by atoms with Crippen molar-refractivity contribution in [1.82, 2.24) is 0 Å². The molecule has 0 atom stereocenters. The normalized spacial score (nSPS) is 33.9. The number of hydrogen-bond donors (Lipinski definition) is 0. The highest BCUT2D eigenvalue weighted by Gasteiger charge is 2.76. The Bertz CT molecular complexity index is 651. The van der Waals surface area contributed by atoms with Crippen molar-refractivity contribution in [2.75, 3.05) is 11.5 Å². The topological polar surface area (TPSA) is 17.1 Å². The average molecular weight is 268 g/mol. The minimum atomic E-state index is -0.404. The van der Waals surface area contributed by atoms with E-state index in [0.29, 0.717) is 4.75 Å². The van der Waals surface area contributed by atoms with E-state index in [4.69, 9.17) is 0 Å². The molecule has 19 heavy (non-hydrogen) atoms. The molecule has 0 aliphatic carbocycles. The van der Waals surface area contributed by atoms with Gasteiger partial charge in [0.2, 0.25) is 0 Å². The van der Waals surface area contributed by atoms with Crippen molar-refractivity contribution in [2.24, 2.45) is 0 Å². The van der Waals surface area contributed by atoms with E-state index in [0.717, 1.165) is 11.1 Å². The second-order valence-corrected chi connectivity index (χ2v) is 9.64. The summed E-state index contributed by atoms with van der Waals surface area (Å²) in [7, 11) is -0.404. The summed E-state index contributed by atoms with van der Waals surface area (Å²) >= 11 is 0. The smallest absolute Gasteiger partial charge is 0.193 e. The first kappa shape index (κ1) is 11.3. The van der Waals surface area contributed by atoms with Gasteiger partial charge in [-0.25, -0.2) is 10.0 Å². The van der Waals surface area contributed by atoms with Crippen LogP contribution in [0.15, 0.2) is 59.5 Å². The highest BCUT2D eigenvalue weighted by molar-refractivity contribution is 8.47. The summed E-state index contributed by atoms with van der Waals surface area (Å²) in [6, 6.07) is 17.9. The summed E-state index contributed by atoms with van der Waals surface area (Å²) in [6.45, 7) is 2.39. The van der Waals surface area contributed by atoms with Crippen LogP contribution in [0.2, 0.25) is 0 Å². The third kappa shape index (κ3) is 1.53. The van der Waals surface area contributed by atoms with Crippen LogP contribution in [-0.4, -0.2) is 22.0 Å². The molecule has 0 radical (unpaired) electrons. The fraction of sp³-hybridized carbons (Fsp3) is 0.235. The molecular weight excluding hydrogens is 252 g/mol. The number of carbonyl (C=O) groups excluding carboxylic acids is 1. The van der Waals surface area contributed by atoms with E-state index in [1.54, 1.807) is 0 Å². The zero-order valence-electron chi connectivity index (χ0n) is 10.9. The van der Waals surface area contributed by atoms with Crippen LogP contribution in [0, 0.1) is 0 Å². The van der Waals surface area contributed by atoms with Gasteiger partial charge in [0.1, 0.15) is 0 Å². The SMILES string of the molecule is CC12CS1(c1ccc(C(=O)c3ccccc3)cc1)C2. The molecule has 0 spiro atoms. The van der Waals surface area contributed by atoms with Crippen molar-refractivity contribution in [3.05, 3.63) is 65.7 Å². The number of fused-ring (bicyclic) bond motifs is 1. The summed E-state index contributed by atoms with van der Waals surface area (Å²) in [5.74, 6) is 2.94. The fourth-order valence-corrected chi connectivity index (χ4v) is 7.31. The van der Waals surface area contributed by atoms with Crippen molar-refractivity contribution in [3.63, 3.8) is 0 Å². The maximum Gasteiger partial charge on any atom is 0.193 e. The highest BCUT2D eigenvalue weighted by Crippen LogP contribution is 2.96. The Balaban J connectivity index is 1.62. The zero-order valence-corrected chi connectivity index (χ0v) is 11.7. The first-order chi connectivity index (χ1) is 9.15. The van der Waals surface area contributed by atoms with Gasteiger partial charge in [-0.15, -0.1) is 0 Å². The van der Waals surface area contributed by atoms with E-state index in [1.807, 2.05) is 42.5 Å². The van der Waals surface area contributed by atoms with Crippen LogP contribution in [0.25, 0.3) is 0 Å². The monoisotopic (exact) mass is 268 g/mol. The number of ketones is 1. The molecule has 2 aliphatic rings. The molecule has 2 heteroatoms. The van der Waals surface area contributed by atoms with Gasteiger partial charge >= 0.3 is 0 Å². The summed E-state index contributed by atoms with van der Waals surface area (Å²) in [5.41, 5.74) is 1.57. The van der Waals surface area contributed by atoms with Gasteiger partial charge in [0.15, 0.2) is 5.78 Å². The van der Waals surface area contributed by atoms with Crippen molar-refractivity contribution < 1.29 is 4.79 Å². The molecule has 0 unspecified atom stereocenters. The Morgan fingerprint density at radius 3 is 2.00 bits per heavy atom. The van der Waals surface area contributed by atoms with E-state index >= 15 is 0 Å². The molecule has 0 N–H and O–H groups in total. The van der Waals surface area contributed by atoms with Gasteiger partial charge in [0, 0.05) is 15.9 Å². The van der Waals surface area contributed by atoms with Gasteiger partial charge in [-0.05, 0) is 40.7 Å². The van der Waals surface area contributed by atoms with Gasteiger partial charge in [-0.2, -0.15) is 0 Å². The quantitative estimate of drug-likeness (QED) is 0.610. The molecule has 0 bridgehead atoms. The van der Waals surface area contributed by atoms with E-state index in [9.17, 15) is 4.79 Å². The minimum Gasteiger partial charge on any atom is -0.289 e. The fourth-order valence-electron chi connectivity index (χ4n) is 3.02. The lowest BCUT2D eigenvalue weighted by Gasteiger charge is -2.08. The lowest BCUT2D eigenvalue weighted by Crippen LogP contribution is -2.00. The van der Waals surface area contributed by atoms with Crippen LogP contribution in [0.3, 0.4) is 0 Å². The van der Waals surface area contributed by atoms with Gasteiger partial charge in [-0.3, -0.25) is 4.79 Å². The predicted molar refractivity (Wildman–Crippen MR) is 80.3 cm³/mol. The zero-order chi connectivity index (χ0) is 13.1. The highest BCUT2D eigenvalue weighted by atomic mass is 32.3. The van der Waals surface area contributed by atoms with Gasteiger partial charge in [0.25, 0.3) is 0 Å². The first-order valence-corrected chi connectivity index (χ1v) is 8.60. The van der Waals surface area contributed by atoms with Crippen LogP contribution in [0.5, 0.6) is 0 Å². The van der Waals surface area contributed by atoms with Crippen molar-refractivity contribution in [3.8, 4) is 0 Å². The molecule has 96 valence electrons. The molecule has 0 saturated carbocycles. The molecule has 1 nitrogen and oxygen atoms in total. The van der Waals surface area contributed by atoms with Gasteiger partial charge < -0.3 is 0 Å². The maximum atomic E-state index is 12.3. The molecule has 2 fully saturated rings. The summed E-state index contributed by atoms with van der Waals surface area (Å²) in [6.07, 6.45) is 0. The molecule has 4 rings (SSSR count). The van der Waals surface area contributed by atoms with Crippen LogP contribution < -0.4 is 0 Å². The lowest BCUT2D eigenvalue weighted by molar-refractivity contribution is 0.103. The van der Waals surface area contributed by atoms with Crippen molar-refractivity contribution >= 4 is 15.8 Å². The largest absolute Gasteiger partial charge is 0.289 e. The molecule has 0 amide bonds. The van der Waals surface area contributed by atoms with Crippen LogP contribution >= 0.6 is 10.0 Å². The molecule has 2 aromatic carbocycles. The predicted octanol–water partition coefficient (Wildman–Crippen LogP) is 3.87. The second kappa shape index (κ2) is 3.51. The summed E-state index contributed by atoms with van der Waals surface area (Å²) in [4.78, 5) is 13.8. The molecule has 2 heterocycles. The van der Waals surface area contributed by atoms with Crippen LogP contribution in [-0.2, 0) is 0 Å². The Morgan fingerprint density at radius 1 is 0.947 bits per heavy atom. The standard InChI is InChI=1S/C17H16OS/c1-17-11-19(17,12-17)15-9-7-14(8-10-15)16(18)13-5-3-2-4-6-13/h2-10H,11-12H2,1H3. The van der Waals surface area contributed by atoms with Gasteiger partial charge in [-0.1, -0.05) is 37.3 Å². The first-order valence-electron chi connectivity index (χ1n) is 6.63. The maximum absolute atomic E-state index is 12.3. The van der Waals surface area contributed by atoms with E-state index in [-0.39, 0.29) is 5.78 Å². The van der Waals surface area contributed by atoms with E-state index in [2.05, 4.69) is 19.1 Å². The summed E-state index contributed by atoms with van der Waals surface area (Å²) < 4.78 is 0.665. The molecule has 2 aromatic rings. The molecule has 0 aromatic heterocycles. The third-order valence-corrected chi connectivity index (χ3v) is 9.39. The Hall–Kier alpha value is -1.54. The van der Waals surface area contributed by atoms with Crippen molar-refractivity contribution in [1.29, 1.82) is 0 Å². The minimum absolute atomic E-state index is 0.119. The molecular formula is C17H16OS. The van der Waals surface area contributed by atoms with Gasteiger partial charge in [0.05, 0.1) is 0 Å². The Labute approximate surface area is 115 Å². The number of rotatable bonds is 3. The number of benzene rings is 2. The molecule has 2 aliphatic heterocycles. The lowest BCUT2D eigenvalue weighted by atomic mass is 10.0. The average Bonchev–Trinajstić information content (AvgIpc) is 3.24. The van der Waals surface area contributed by atoms with E-state index < -0.39 is 10.0 Å². The van der Waals surface area contributed by atoms with Crippen molar-refractivity contribution in [2.45, 2.75) is 16.6 Å². The Kier molecular flexibility index (Phi) is 2.09. The number of carbonyl (C=O) groups is 1. The summed E-state index contributed by atoms with van der Waals surface area (Å²) in [5, 5.41) is 0. The third-order valence-electron chi connectivity index (χ3n) is 4.47. The number of hydrogen-bond acceptors (Lipinski definition) is 1. The molecule has 2 saturated heterocycles. The second-order valence-electron chi connectivity index (χ2n) is 5.84. The van der Waals surface area contributed by atoms with E-state index in [1.165, 1.54) is 16.4 Å². The van der Waals surface area contributed by atoms with Crippen LogP contribution in [0.4, 0.5) is 0 Å².